The average molecular weight is 503 g/mol. The molecule has 1 aromatic rings. The fourth-order valence-electron chi connectivity index (χ4n) is 3.28. The highest BCUT2D eigenvalue weighted by Crippen LogP contribution is 2.51. The van der Waals surface area contributed by atoms with Gasteiger partial charge in [-0.05, 0) is 37.8 Å². The highest BCUT2D eigenvalue weighted by molar-refractivity contribution is 14.0. The van der Waals surface area contributed by atoms with Crippen molar-refractivity contribution in [3.8, 4) is 0 Å². The molecule has 0 radical (unpaired) electrons. The van der Waals surface area contributed by atoms with Crippen LogP contribution in [0.4, 0.5) is 0 Å². The zero-order chi connectivity index (χ0) is 18.4. The maximum atomic E-state index is 11.0. The van der Waals surface area contributed by atoms with Crippen molar-refractivity contribution < 1.29 is 4.79 Å². The molecule has 1 amide bonds. The van der Waals surface area contributed by atoms with E-state index >= 15 is 0 Å². The molecule has 2 fully saturated rings. The Hall–Kier alpha value is -1.00. The molecule has 0 spiro atoms. The predicted molar refractivity (Wildman–Crippen MR) is 123 cm³/mol. The molecule has 8 heteroatoms. The van der Waals surface area contributed by atoms with Gasteiger partial charge < -0.3 is 16.4 Å². The van der Waals surface area contributed by atoms with Gasteiger partial charge in [0.1, 0.15) is 0 Å². The number of nitrogens with two attached hydrogens (primary N) is 1. The number of benzene rings is 1. The Balaban J connectivity index is 0.00000261. The Morgan fingerprint density at radius 1 is 1.30 bits per heavy atom. The summed E-state index contributed by atoms with van der Waals surface area (Å²) in [7, 11) is 1.82. The highest BCUT2D eigenvalue weighted by atomic mass is 127. The minimum atomic E-state index is -0.250. The lowest BCUT2D eigenvalue weighted by Crippen LogP contribution is -2.50. The molecule has 0 atom stereocenters. The number of carbonyl (C=O) groups is 1. The van der Waals surface area contributed by atoms with Crippen molar-refractivity contribution in [3.05, 3.63) is 30.3 Å². The minimum Gasteiger partial charge on any atom is -0.369 e. The van der Waals surface area contributed by atoms with Crippen LogP contribution in [0.3, 0.4) is 0 Å². The topological polar surface area (TPSA) is 82.8 Å². The first-order chi connectivity index (χ1) is 12.6. The van der Waals surface area contributed by atoms with Gasteiger partial charge in [0.05, 0.1) is 6.54 Å². The van der Waals surface area contributed by atoms with Gasteiger partial charge in [-0.15, -0.1) is 35.7 Å². The van der Waals surface area contributed by atoms with Crippen molar-refractivity contribution >= 4 is 47.6 Å². The monoisotopic (exact) mass is 503 g/mol. The van der Waals surface area contributed by atoms with Crippen LogP contribution in [-0.4, -0.2) is 60.8 Å². The first-order valence-electron chi connectivity index (χ1n) is 9.30. The van der Waals surface area contributed by atoms with Gasteiger partial charge in [-0.2, -0.15) is 0 Å². The third kappa shape index (κ3) is 7.15. The number of piperidine rings is 1. The van der Waals surface area contributed by atoms with Crippen molar-refractivity contribution in [2.24, 2.45) is 10.7 Å². The van der Waals surface area contributed by atoms with Crippen LogP contribution in [0.25, 0.3) is 0 Å². The van der Waals surface area contributed by atoms with Crippen molar-refractivity contribution in [1.82, 2.24) is 15.5 Å². The average Bonchev–Trinajstić information content (AvgIpc) is 3.40. The summed E-state index contributed by atoms with van der Waals surface area (Å²) in [5.41, 5.74) is 5.27. The van der Waals surface area contributed by atoms with Gasteiger partial charge in [0.2, 0.25) is 5.91 Å². The largest absolute Gasteiger partial charge is 0.369 e. The molecular weight excluding hydrogens is 473 g/mol. The van der Waals surface area contributed by atoms with Crippen LogP contribution < -0.4 is 16.4 Å². The van der Waals surface area contributed by atoms with E-state index in [1.54, 1.807) is 0 Å². The van der Waals surface area contributed by atoms with E-state index in [1.807, 2.05) is 18.8 Å². The molecule has 1 saturated heterocycles. The Morgan fingerprint density at radius 2 is 1.96 bits per heavy atom. The first kappa shape index (κ1) is 22.3. The summed E-state index contributed by atoms with van der Waals surface area (Å²) in [6.45, 7) is 3.07. The number of hydrogen-bond acceptors (Lipinski definition) is 4. The Morgan fingerprint density at radius 3 is 2.52 bits per heavy atom. The van der Waals surface area contributed by atoms with Crippen molar-refractivity contribution in [2.45, 2.75) is 41.4 Å². The smallest absolute Gasteiger partial charge is 0.231 e. The molecule has 0 bridgehead atoms. The van der Waals surface area contributed by atoms with Crippen LogP contribution in [0.2, 0.25) is 0 Å². The number of thioether (sulfide) groups is 1. The first-order valence-corrected chi connectivity index (χ1v) is 10.1. The van der Waals surface area contributed by atoms with Crippen molar-refractivity contribution in [2.75, 3.05) is 33.2 Å². The third-order valence-corrected chi connectivity index (χ3v) is 6.49. The lowest BCUT2D eigenvalue weighted by atomic mass is 10.1. The molecular formula is C19H30IN5OS. The van der Waals surface area contributed by atoms with Gasteiger partial charge in [0, 0.05) is 42.4 Å². The second-order valence-corrected chi connectivity index (χ2v) is 8.73. The SMILES string of the molecule is CN=C(NCC1(Sc2ccccc2)CC1)NC1CCN(CC(N)=O)CC1.I. The summed E-state index contributed by atoms with van der Waals surface area (Å²) in [6, 6.07) is 11.0. The number of carbonyl (C=O) groups excluding carboxylic acids is 1. The van der Waals surface area contributed by atoms with E-state index in [0.29, 0.717) is 17.3 Å². The van der Waals surface area contributed by atoms with Gasteiger partial charge >= 0.3 is 0 Å². The summed E-state index contributed by atoms with van der Waals surface area (Å²) in [5.74, 6) is 0.623. The number of nitrogens with one attached hydrogen (secondary N) is 2. The number of aliphatic imine (C=N–C) groups is 1. The van der Waals surface area contributed by atoms with Crippen LogP contribution in [0.15, 0.2) is 40.2 Å². The van der Waals surface area contributed by atoms with Crippen LogP contribution in [0.1, 0.15) is 25.7 Å². The summed E-state index contributed by atoms with van der Waals surface area (Å²) < 4.78 is 0.295. The van der Waals surface area contributed by atoms with Gasteiger partial charge in [0.15, 0.2) is 5.96 Å². The fourth-order valence-corrected chi connectivity index (χ4v) is 4.53. The van der Waals surface area contributed by atoms with E-state index in [-0.39, 0.29) is 29.9 Å². The zero-order valence-electron chi connectivity index (χ0n) is 15.8. The molecule has 1 aliphatic carbocycles. The van der Waals surface area contributed by atoms with E-state index < -0.39 is 0 Å². The molecule has 4 N–H and O–H groups in total. The van der Waals surface area contributed by atoms with E-state index in [4.69, 9.17) is 5.73 Å². The number of amides is 1. The maximum Gasteiger partial charge on any atom is 0.231 e. The third-order valence-electron chi connectivity index (χ3n) is 4.99. The Bertz CT molecular complexity index is 630. The number of primary amides is 1. The Kier molecular flexibility index (Phi) is 8.68. The molecule has 0 aromatic heterocycles. The molecule has 2 aliphatic rings. The Labute approximate surface area is 183 Å². The van der Waals surface area contributed by atoms with Crippen molar-refractivity contribution in [3.63, 3.8) is 0 Å². The molecule has 1 aromatic carbocycles. The molecule has 6 nitrogen and oxygen atoms in total. The quantitative estimate of drug-likeness (QED) is 0.302. The predicted octanol–water partition coefficient (Wildman–Crippen LogP) is 2.04. The number of hydrogen-bond donors (Lipinski definition) is 3. The molecule has 27 heavy (non-hydrogen) atoms. The fraction of sp³-hybridized carbons (Fsp3) is 0.579. The van der Waals surface area contributed by atoms with Crippen LogP contribution in [0, 0.1) is 0 Å². The van der Waals surface area contributed by atoms with Gasteiger partial charge in [-0.1, -0.05) is 18.2 Å². The highest BCUT2D eigenvalue weighted by Gasteiger charge is 2.43. The second-order valence-electron chi connectivity index (χ2n) is 7.18. The van der Waals surface area contributed by atoms with Gasteiger partial charge in [-0.3, -0.25) is 14.7 Å². The minimum absolute atomic E-state index is 0. The molecule has 1 saturated carbocycles. The zero-order valence-corrected chi connectivity index (χ0v) is 19.0. The summed E-state index contributed by atoms with van der Waals surface area (Å²) >= 11 is 1.97. The summed E-state index contributed by atoms with van der Waals surface area (Å²) in [5, 5.41) is 7.04. The normalized spacial score (nSPS) is 19.8. The number of halogens is 1. The molecule has 150 valence electrons. The second kappa shape index (κ2) is 10.5. The summed E-state index contributed by atoms with van der Waals surface area (Å²) in [6.07, 6.45) is 4.47. The van der Waals surface area contributed by atoms with E-state index in [2.05, 4.69) is 50.9 Å². The van der Waals surface area contributed by atoms with Crippen LogP contribution >= 0.6 is 35.7 Å². The lowest BCUT2D eigenvalue weighted by molar-refractivity contribution is -0.119. The van der Waals surface area contributed by atoms with Gasteiger partial charge in [0.25, 0.3) is 0 Å². The number of likely N-dealkylation sites (tertiary alicyclic amines) is 1. The maximum absolute atomic E-state index is 11.0. The van der Waals surface area contributed by atoms with E-state index in [1.165, 1.54) is 17.7 Å². The molecule has 3 rings (SSSR count). The number of nitrogens with zero attached hydrogens (tertiary/aromatic N) is 2. The number of rotatable bonds is 7. The molecule has 0 unspecified atom stereocenters. The van der Waals surface area contributed by atoms with Crippen LogP contribution in [-0.2, 0) is 4.79 Å². The van der Waals surface area contributed by atoms with Crippen LogP contribution in [0.5, 0.6) is 0 Å². The van der Waals surface area contributed by atoms with E-state index in [9.17, 15) is 4.79 Å². The number of guanidine groups is 1. The lowest BCUT2D eigenvalue weighted by Gasteiger charge is -2.32. The summed E-state index contributed by atoms with van der Waals surface area (Å²) in [4.78, 5) is 18.9. The van der Waals surface area contributed by atoms with Crippen molar-refractivity contribution in [1.29, 1.82) is 0 Å². The van der Waals surface area contributed by atoms with E-state index in [0.717, 1.165) is 38.4 Å². The molecule has 1 heterocycles. The molecule has 1 aliphatic heterocycles. The van der Waals surface area contributed by atoms with Gasteiger partial charge in [-0.25, -0.2) is 0 Å². The standard InChI is InChI=1S/C19H29N5OS.HI/c1-21-18(23-15-7-11-24(12-8-15)13-17(20)25)22-14-19(9-10-19)26-16-5-3-2-4-6-16;/h2-6,15H,7-14H2,1H3,(H2,20,25)(H2,21,22,23);1H.